The van der Waals surface area contributed by atoms with Crippen molar-refractivity contribution in [3.8, 4) is 0 Å². The Balaban J connectivity index is 1.45. The van der Waals surface area contributed by atoms with Crippen LogP contribution in [0.3, 0.4) is 0 Å². The number of urea groups is 1. The number of amides is 4. The molecule has 2 aliphatic rings. The van der Waals surface area contributed by atoms with Crippen molar-refractivity contribution in [3.63, 3.8) is 0 Å². The lowest BCUT2D eigenvalue weighted by Gasteiger charge is -2.26. The number of hydrogen-bond acceptors (Lipinski definition) is 3. The highest BCUT2D eigenvalue weighted by atomic mass is 16.2. The molecule has 2 atom stereocenters. The van der Waals surface area contributed by atoms with Crippen LogP contribution in [0.1, 0.15) is 25.0 Å². The van der Waals surface area contributed by atoms with Gasteiger partial charge in [-0.3, -0.25) is 14.5 Å². The molecule has 6 nitrogen and oxygen atoms in total. The minimum absolute atomic E-state index is 0.0184. The van der Waals surface area contributed by atoms with Crippen LogP contribution in [0.2, 0.25) is 0 Å². The number of hydrogen-bond donors (Lipinski definition) is 1. The van der Waals surface area contributed by atoms with Gasteiger partial charge in [0.25, 0.3) is 5.91 Å². The molecule has 2 heterocycles. The Morgan fingerprint density at radius 1 is 1.03 bits per heavy atom. The molecule has 6 heteroatoms. The summed E-state index contributed by atoms with van der Waals surface area (Å²) in [4.78, 5) is 42.2. The number of fused-ring (bicyclic) bond motifs is 2. The van der Waals surface area contributed by atoms with Crippen LogP contribution in [0.4, 0.5) is 10.5 Å². The Morgan fingerprint density at radius 2 is 1.74 bits per heavy atom. The van der Waals surface area contributed by atoms with Crippen LogP contribution >= 0.6 is 0 Å². The molecule has 3 aromatic rings. The monoisotopic (exact) mass is 413 g/mol. The molecule has 0 radical (unpaired) electrons. The fraction of sp³-hybridized carbons (Fsp3) is 0.240. The van der Waals surface area contributed by atoms with Crippen LogP contribution in [0.15, 0.2) is 66.7 Å². The van der Waals surface area contributed by atoms with Crippen molar-refractivity contribution in [3.05, 3.63) is 77.9 Å². The van der Waals surface area contributed by atoms with Crippen LogP contribution in [-0.4, -0.2) is 35.3 Å². The fourth-order valence-corrected chi connectivity index (χ4v) is 4.84. The van der Waals surface area contributed by atoms with Crippen LogP contribution in [0.25, 0.3) is 10.8 Å². The van der Waals surface area contributed by atoms with E-state index >= 15 is 0 Å². The fourth-order valence-electron chi connectivity index (χ4n) is 4.84. The Morgan fingerprint density at radius 3 is 2.58 bits per heavy atom. The molecule has 0 aromatic heterocycles. The molecule has 5 rings (SSSR count). The van der Waals surface area contributed by atoms with Gasteiger partial charge in [0, 0.05) is 11.7 Å². The Bertz CT molecular complexity index is 1230. The number of para-hydroxylation sites is 1. The number of benzene rings is 3. The van der Waals surface area contributed by atoms with Crippen molar-refractivity contribution in [2.75, 3.05) is 11.4 Å². The molecule has 156 valence electrons. The molecule has 1 saturated heterocycles. The van der Waals surface area contributed by atoms with Gasteiger partial charge in [0.2, 0.25) is 5.91 Å². The van der Waals surface area contributed by atoms with E-state index in [-0.39, 0.29) is 18.5 Å². The van der Waals surface area contributed by atoms with Gasteiger partial charge in [-0.05, 0) is 48.2 Å². The first-order valence-electron chi connectivity index (χ1n) is 10.4. The first kappa shape index (κ1) is 19.3. The highest BCUT2D eigenvalue weighted by molar-refractivity contribution is 6.12. The van der Waals surface area contributed by atoms with Crippen molar-refractivity contribution in [2.45, 2.75) is 31.8 Å². The number of imide groups is 1. The summed E-state index contributed by atoms with van der Waals surface area (Å²) in [5.41, 5.74) is 1.44. The van der Waals surface area contributed by atoms with Crippen LogP contribution in [-0.2, 0) is 21.5 Å². The van der Waals surface area contributed by atoms with Crippen LogP contribution < -0.4 is 10.2 Å². The zero-order valence-corrected chi connectivity index (χ0v) is 17.5. The lowest BCUT2D eigenvalue weighted by Crippen LogP contribution is -2.46. The third-order valence-corrected chi connectivity index (χ3v) is 6.37. The summed E-state index contributed by atoms with van der Waals surface area (Å²) in [6.07, 6.45) is 0.760. The molecular formula is C25H23N3O3. The average Bonchev–Trinajstić information content (AvgIpc) is 3.21. The van der Waals surface area contributed by atoms with Crippen LogP contribution in [0, 0.1) is 0 Å². The van der Waals surface area contributed by atoms with Crippen molar-refractivity contribution < 1.29 is 14.4 Å². The standard InChI is InChI=1S/C25H23N3O3/c1-16-14-18-9-4-6-13-21(18)28(16)22(29)15-27-23(30)25(2,26-24(27)31)20-12-7-10-17-8-3-5-11-19(17)20/h3-13,16H,14-15H2,1-2H3,(H,26,31). The van der Waals surface area contributed by atoms with Crippen LogP contribution in [0.5, 0.6) is 0 Å². The molecule has 3 aromatic carbocycles. The second-order valence-corrected chi connectivity index (χ2v) is 8.42. The molecule has 0 aliphatic carbocycles. The Hall–Kier alpha value is -3.67. The lowest BCUT2D eigenvalue weighted by atomic mass is 9.88. The molecule has 1 N–H and O–H groups in total. The predicted molar refractivity (Wildman–Crippen MR) is 119 cm³/mol. The van der Waals surface area contributed by atoms with E-state index in [2.05, 4.69) is 5.32 Å². The molecule has 31 heavy (non-hydrogen) atoms. The molecule has 0 bridgehead atoms. The van der Waals surface area contributed by atoms with Gasteiger partial charge in [0.15, 0.2) is 0 Å². The third-order valence-electron chi connectivity index (χ3n) is 6.37. The van der Waals surface area contributed by atoms with Gasteiger partial charge in [0.05, 0.1) is 0 Å². The quantitative estimate of drug-likeness (QED) is 0.667. The van der Waals surface area contributed by atoms with Gasteiger partial charge in [-0.2, -0.15) is 0 Å². The van der Waals surface area contributed by atoms with Crippen molar-refractivity contribution in [2.24, 2.45) is 0 Å². The molecule has 2 unspecified atom stereocenters. The average molecular weight is 413 g/mol. The molecule has 4 amide bonds. The molecule has 0 saturated carbocycles. The summed E-state index contributed by atoms with van der Waals surface area (Å²) in [5, 5.41) is 4.72. The zero-order chi connectivity index (χ0) is 21.8. The smallest absolute Gasteiger partial charge is 0.319 e. The molecule has 2 aliphatic heterocycles. The normalized spacial score (nSPS) is 22.7. The van der Waals surface area contributed by atoms with E-state index in [0.29, 0.717) is 0 Å². The molecule has 0 spiro atoms. The second-order valence-electron chi connectivity index (χ2n) is 8.42. The van der Waals surface area contributed by atoms with E-state index in [9.17, 15) is 14.4 Å². The summed E-state index contributed by atoms with van der Waals surface area (Å²) in [6.45, 7) is 3.39. The maximum Gasteiger partial charge on any atom is 0.325 e. The third kappa shape index (κ3) is 2.90. The van der Waals surface area contributed by atoms with Gasteiger partial charge >= 0.3 is 6.03 Å². The second kappa shape index (κ2) is 6.94. The summed E-state index contributed by atoms with van der Waals surface area (Å²) < 4.78 is 0. The number of nitrogens with one attached hydrogen (secondary N) is 1. The first-order chi connectivity index (χ1) is 14.9. The van der Waals surface area contributed by atoms with Crippen molar-refractivity contribution in [1.82, 2.24) is 10.2 Å². The van der Waals surface area contributed by atoms with E-state index in [1.807, 2.05) is 73.7 Å². The van der Waals surface area contributed by atoms with Gasteiger partial charge in [-0.15, -0.1) is 0 Å². The van der Waals surface area contributed by atoms with Gasteiger partial charge in [-0.25, -0.2) is 4.79 Å². The number of rotatable bonds is 3. The van der Waals surface area contributed by atoms with E-state index in [1.165, 1.54) is 0 Å². The summed E-state index contributed by atoms with van der Waals surface area (Å²) in [7, 11) is 0. The zero-order valence-electron chi connectivity index (χ0n) is 17.5. The number of carbonyl (C=O) groups is 3. The Kier molecular flexibility index (Phi) is 4.32. The highest BCUT2D eigenvalue weighted by Gasteiger charge is 2.50. The number of anilines is 1. The lowest BCUT2D eigenvalue weighted by molar-refractivity contribution is -0.134. The highest BCUT2D eigenvalue weighted by Crippen LogP contribution is 2.35. The van der Waals surface area contributed by atoms with E-state index in [0.717, 1.165) is 38.9 Å². The minimum atomic E-state index is -1.23. The predicted octanol–water partition coefficient (Wildman–Crippen LogP) is 3.58. The Labute approximate surface area is 180 Å². The van der Waals surface area contributed by atoms with Crippen molar-refractivity contribution in [1.29, 1.82) is 0 Å². The summed E-state index contributed by atoms with van der Waals surface area (Å²) in [6, 6.07) is 20.6. The van der Waals surface area contributed by atoms with E-state index in [4.69, 9.17) is 0 Å². The molecular weight excluding hydrogens is 390 g/mol. The maximum atomic E-state index is 13.4. The molecule has 1 fully saturated rings. The van der Waals surface area contributed by atoms with Crippen molar-refractivity contribution >= 4 is 34.3 Å². The number of carbonyl (C=O) groups excluding carboxylic acids is 3. The van der Waals surface area contributed by atoms with Gasteiger partial charge < -0.3 is 10.2 Å². The summed E-state index contributed by atoms with van der Waals surface area (Å²) >= 11 is 0. The van der Waals surface area contributed by atoms with Gasteiger partial charge in [-0.1, -0.05) is 60.7 Å². The van der Waals surface area contributed by atoms with E-state index < -0.39 is 17.5 Å². The SMILES string of the molecule is CC1Cc2ccccc2N1C(=O)CN1C(=O)NC(C)(c2cccc3ccccc23)C1=O. The van der Waals surface area contributed by atoms with Gasteiger partial charge in [0.1, 0.15) is 12.1 Å². The topological polar surface area (TPSA) is 69.7 Å². The maximum absolute atomic E-state index is 13.4. The first-order valence-corrected chi connectivity index (χ1v) is 10.4. The summed E-state index contributed by atoms with van der Waals surface area (Å²) in [5.74, 6) is -0.676. The van der Waals surface area contributed by atoms with E-state index in [1.54, 1.807) is 11.8 Å². The number of nitrogens with zero attached hydrogens (tertiary/aromatic N) is 2. The largest absolute Gasteiger partial charge is 0.325 e. The minimum Gasteiger partial charge on any atom is -0.319 e.